The van der Waals surface area contributed by atoms with Gasteiger partial charge in [-0.05, 0) is 23.3 Å². The first kappa shape index (κ1) is 19.8. The fourth-order valence-electron chi connectivity index (χ4n) is 3.63. The molecule has 0 unspecified atom stereocenters. The number of rotatable bonds is 6. The Morgan fingerprint density at radius 2 is 1.68 bits per heavy atom. The van der Waals surface area contributed by atoms with Crippen LogP contribution < -0.4 is 10.2 Å². The second-order valence-electron chi connectivity index (χ2n) is 7.19. The molecule has 0 saturated carbocycles. The molecule has 2 aromatic carbocycles. The van der Waals surface area contributed by atoms with Crippen LogP contribution in [0.3, 0.4) is 0 Å². The molecule has 28 heavy (non-hydrogen) atoms. The minimum absolute atomic E-state index is 0.00759. The molecule has 0 aliphatic carbocycles. The highest BCUT2D eigenvalue weighted by Crippen LogP contribution is 2.45. The molecule has 4 rings (SSSR count). The van der Waals surface area contributed by atoms with Crippen LogP contribution in [-0.4, -0.2) is 43.7 Å². The summed E-state index contributed by atoms with van der Waals surface area (Å²) in [7, 11) is 0. The van der Waals surface area contributed by atoms with E-state index in [9.17, 15) is 4.79 Å². The molecule has 2 N–H and O–H groups in total. The van der Waals surface area contributed by atoms with Crippen LogP contribution in [0.2, 0.25) is 0 Å². The lowest BCUT2D eigenvalue weighted by Gasteiger charge is -2.24. The summed E-state index contributed by atoms with van der Waals surface area (Å²) in [6.45, 7) is 5.31. The van der Waals surface area contributed by atoms with E-state index >= 15 is 0 Å². The smallest absolute Gasteiger partial charge is 0.251 e. The zero-order chi connectivity index (χ0) is 19.2. The van der Waals surface area contributed by atoms with Gasteiger partial charge in [-0.25, -0.2) is 0 Å². The number of benzene rings is 2. The standard InChI is InChI=1S/C22H26N2O2S2/c25-21(17-5-7-18(8-6-17)22-27-13-14-28-22)23-15-19-3-1-2-4-20(19)16-24-9-11-26-12-10-24/h1-8,22H,9-16H2,(H,23,25)/p+1. The van der Waals surface area contributed by atoms with Crippen molar-refractivity contribution in [2.24, 2.45) is 0 Å². The van der Waals surface area contributed by atoms with Gasteiger partial charge in [-0.15, -0.1) is 23.5 Å². The molecular weight excluding hydrogens is 388 g/mol. The number of morpholine rings is 1. The van der Waals surface area contributed by atoms with Crippen molar-refractivity contribution in [2.75, 3.05) is 37.8 Å². The van der Waals surface area contributed by atoms with Crippen molar-refractivity contribution in [1.82, 2.24) is 5.32 Å². The lowest BCUT2D eigenvalue weighted by molar-refractivity contribution is -0.921. The van der Waals surface area contributed by atoms with Crippen LogP contribution in [0.4, 0.5) is 0 Å². The topological polar surface area (TPSA) is 42.8 Å². The first-order valence-corrected chi connectivity index (χ1v) is 12.0. The van der Waals surface area contributed by atoms with Gasteiger partial charge in [-0.1, -0.05) is 36.4 Å². The highest BCUT2D eigenvalue weighted by atomic mass is 32.2. The van der Waals surface area contributed by atoms with Crippen LogP contribution in [0.1, 0.15) is 31.6 Å². The van der Waals surface area contributed by atoms with Crippen LogP contribution in [-0.2, 0) is 17.8 Å². The zero-order valence-corrected chi connectivity index (χ0v) is 17.6. The molecule has 2 fully saturated rings. The Kier molecular flexibility index (Phi) is 6.96. The maximum absolute atomic E-state index is 12.6. The van der Waals surface area contributed by atoms with Gasteiger partial charge in [-0.2, -0.15) is 0 Å². The normalized spacial score (nSPS) is 18.3. The molecule has 2 aliphatic rings. The van der Waals surface area contributed by atoms with Crippen molar-refractivity contribution in [3.05, 3.63) is 70.8 Å². The summed E-state index contributed by atoms with van der Waals surface area (Å²) < 4.78 is 5.98. The van der Waals surface area contributed by atoms with Gasteiger partial charge < -0.3 is 15.0 Å². The average Bonchev–Trinajstić information content (AvgIpc) is 3.29. The molecule has 0 bridgehead atoms. The zero-order valence-electron chi connectivity index (χ0n) is 16.0. The maximum Gasteiger partial charge on any atom is 0.251 e. The largest absolute Gasteiger partial charge is 0.370 e. The molecule has 2 saturated heterocycles. The summed E-state index contributed by atoms with van der Waals surface area (Å²) in [5, 5.41) is 3.10. The van der Waals surface area contributed by atoms with Crippen molar-refractivity contribution in [2.45, 2.75) is 17.7 Å². The van der Waals surface area contributed by atoms with Crippen LogP contribution >= 0.6 is 23.5 Å². The Morgan fingerprint density at radius 3 is 2.39 bits per heavy atom. The fourth-order valence-corrected chi connectivity index (χ4v) is 6.49. The van der Waals surface area contributed by atoms with Crippen LogP contribution in [0.25, 0.3) is 0 Å². The molecule has 4 nitrogen and oxygen atoms in total. The lowest BCUT2D eigenvalue weighted by atomic mass is 10.1. The highest BCUT2D eigenvalue weighted by Gasteiger charge is 2.19. The maximum atomic E-state index is 12.6. The predicted molar refractivity (Wildman–Crippen MR) is 117 cm³/mol. The third kappa shape index (κ3) is 5.11. The number of nitrogens with one attached hydrogen (secondary N) is 2. The molecular formula is C22H27N2O2S2+. The van der Waals surface area contributed by atoms with Gasteiger partial charge in [0.1, 0.15) is 19.6 Å². The molecule has 1 amide bonds. The second-order valence-corrected chi connectivity index (χ2v) is 9.91. The third-order valence-corrected chi connectivity index (χ3v) is 8.37. The van der Waals surface area contributed by atoms with E-state index in [1.54, 1.807) is 4.90 Å². The first-order valence-electron chi connectivity index (χ1n) is 9.89. The van der Waals surface area contributed by atoms with Gasteiger partial charge in [-0.3, -0.25) is 4.79 Å². The SMILES string of the molecule is O=C(NCc1ccccc1C[NH+]1CCOCC1)c1ccc(C2SCCS2)cc1. The first-order chi connectivity index (χ1) is 13.8. The quantitative estimate of drug-likeness (QED) is 0.761. The summed E-state index contributed by atoms with van der Waals surface area (Å²) in [4.78, 5) is 14.2. The summed E-state index contributed by atoms with van der Waals surface area (Å²) >= 11 is 3.97. The van der Waals surface area contributed by atoms with Gasteiger partial charge in [0.15, 0.2) is 0 Å². The summed E-state index contributed by atoms with van der Waals surface area (Å²) in [5.41, 5.74) is 4.55. The number of hydrogen-bond donors (Lipinski definition) is 2. The third-order valence-electron chi connectivity index (χ3n) is 5.26. The molecule has 2 aromatic rings. The Morgan fingerprint density at radius 1 is 1.00 bits per heavy atom. The Labute approximate surface area is 175 Å². The number of hydrogen-bond acceptors (Lipinski definition) is 4. The number of thioether (sulfide) groups is 2. The number of carbonyl (C=O) groups is 1. The minimum Gasteiger partial charge on any atom is -0.370 e. The van der Waals surface area contributed by atoms with Gasteiger partial charge in [0.05, 0.1) is 17.8 Å². The second kappa shape index (κ2) is 9.83. The van der Waals surface area contributed by atoms with Gasteiger partial charge in [0.25, 0.3) is 5.91 Å². The molecule has 0 aromatic heterocycles. The molecule has 0 radical (unpaired) electrons. The summed E-state index contributed by atoms with van der Waals surface area (Å²) in [6.07, 6.45) is 0. The van der Waals surface area contributed by atoms with Crippen molar-refractivity contribution in [3.63, 3.8) is 0 Å². The highest BCUT2D eigenvalue weighted by molar-refractivity contribution is 8.19. The van der Waals surface area contributed by atoms with Crippen LogP contribution in [0.5, 0.6) is 0 Å². The van der Waals surface area contributed by atoms with Crippen molar-refractivity contribution in [1.29, 1.82) is 0 Å². The molecule has 0 spiro atoms. The van der Waals surface area contributed by atoms with E-state index in [4.69, 9.17) is 4.74 Å². The Bertz CT molecular complexity index is 785. The van der Waals surface area contributed by atoms with Crippen LogP contribution in [0, 0.1) is 0 Å². The molecule has 2 heterocycles. The van der Waals surface area contributed by atoms with E-state index in [1.807, 2.05) is 41.7 Å². The number of carbonyl (C=O) groups excluding carboxylic acids is 1. The summed E-state index contributed by atoms with van der Waals surface area (Å²) in [6, 6.07) is 16.5. The summed E-state index contributed by atoms with van der Waals surface area (Å²) in [5.74, 6) is 2.42. The Hall–Kier alpha value is -1.47. The van der Waals surface area contributed by atoms with Gasteiger partial charge >= 0.3 is 0 Å². The molecule has 6 heteroatoms. The van der Waals surface area contributed by atoms with Crippen molar-refractivity contribution in [3.8, 4) is 0 Å². The van der Waals surface area contributed by atoms with Gasteiger partial charge in [0.2, 0.25) is 0 Å². The van der Waals surface area contributed by atoms with E-state index in [0.29, 0.717) is 11.1 Å². The van der Waals surface area contributed by atoms with E-state index in [1.165, 1.54) is 28.2 Å². The van der Waals surface area contributed by atoms with E-state index in [-0.39, 0.29) is 5.91 Å². The molecule has 2 aliphatic heterocycles. The van der Waals surface area contributed by atoms with Gasteiger partial charge in [0, 0.05) is 29.2 Å². The number of quaternary nitrogens is 1. The van der Waals surface area contributed by atoms with Crippen LogP contribution in [0.15, 0.2) is 48.5 Å². The number of amides is 1. The van der Waals surface area contributed by atoms with E-state index in [0.717, 1.165) is 38.4 Å². The predicted octanol–water partition coefficient (Wildman–Crippen LogP) is 2.51. The fraction of sp³-hybridized carbons (Fsp3) is 0.409. The molecule has 148 valence electrons. The van der Waals surface area contributed by atoms with E-state index < -0.39 is 0 Å². The average molecular weight is 416 g/mol. The monoisotopic (exact) mass is 415 g/mol. The van der Waals surface area contributed by atoms with Crippen molar-refractivity contribution >= 4 is 29.4 Å². The number of ether oxygens (including phenoxy) is 1. The lowest BCUT2D eigenvalue weighted by Crippen LogP contribution is -3.12. The van der Waals surface area contributed by atoms with E-state index in [2.05, 4.69) is 35.6 Å². The Balaban J connectivity index is 1.35. The van der Waals surface area contributed by atoms with Crippen molar-refractivity contribution < 1.29 is 14.4 Å². The minimum atomic E-state index is -0.00759. The molecule has 0 atom stereocenters.